The third-order valence-electron chi connectivity index (χ3n) is 6.99. The summed E-state index contributed by atoms with van der Waals surface area (Å²) in [5, 5.41) is 3.54. The summed E-state index contributed by atoms with van der Waals surface area (Å²) in [6.45, 7) is 3.45. The number of aryl methyl sites for hydroxylation is 1. The van der Waals surface area contributed by atoms with Crippen molar-refractivity contribution in [3.8, 4) is 0 Å². The van der Waals surface area contributed by atoms with Crippen LogP contribution in [0, 0.1) is 6.92 Å². The zero-order valence-electron chi connectivity index (χ0n) is 18.2. The number of hydrogen-bond donors (Lipinski definition) is 1. The molecule has 162 valence electrons. The van der Waals surface area contributed by atoms with Crippen molar-refractivity contribution in [2.24, 2.45) is 0 Å². The van der Waals surface area contributed by atoms with E-state index in [2.05, 4.69) is 11.4 Å². The minimum Gasteiger partial charge on any atom is -0.359 e. The molecule has 2 amide bonds. The molecule has 2 aliphatic rings. The molecule has 5 heteroatoms. The second kappa shape index (κ2) is 8.88. The first-order chi connectivity index (χ1) is 14.9. The number of carbonyl (C=O) groups is 2. The van der Waals surface area contributed by atoms with Gasteiger partial charge in [-0.25, -0.2) is 0 Å². The fraction of sp³-hybridized carbons (Fsp3) is 0.385. The van der Waals surface area contributed by atoms with Crippen molar-refractivity contribution in [2.45, 2.75) is 43.9 Å². The number of fused-ring (bicyclic) bond motifs is 2. The van der Waals surface area contributed by atoms with E-state index < -0.39 is 0 Å². The molecule has 0 radical (unpaired) electrons. The molecule has 1 saturated heterocycles. The molecule has 0 aromatic heterocycles. The number of carbonyl (C=O) groups excluding carboxylic acids is 2. The Morgan fingerprint density at radius 2 is 1.90 bits per heavy atom. The molecule has 2 aromatic rings. The molecule has 4 rings (SSSR count). The van der Waals surface area contributed by atoms with Gasteiger partial charge < -0.3 is 10.2 Å². The van der Waals surface area contributed by atoms with Gasteiger partial charge in [0.15, 0.2) is 0 Å². The SMILES string of the molecule is CNC(=O)CC1CC2(CCN(C(=O)/C=C/c3ccccc3C)CC2)c2c(Cl)cccc21. The van der Waals surface area contributed by atoms with Crippen LogP contribution in [0.2, 0.25) is 5.02 Å². The Balaban J connectivity index is 1.49. The molecule has 1 N–H and O–H groups in total. The largest absolute Gasteiger partial charge is 0.359 e. The third-order valence-corrected chi connectivity index (χ3v) is 7.30. The summed E-state index contributed by atoms with van der Waals surface area (Å²) in [6.07, 6.45) is 6.73. The number of rotatable bonds is 4. The first-order valence-electron chi connectivity index (χ1n) is 11.0. The zero-order valence-corrected chi connectivity index (χ0v) is 18.9. The van der Waals surface area contributed by atoms with Crippen LogP contribution < -0.4 is 5.32 Å². The van der Waals surface area contributed by atoms with E-state index in [1.54, 1.807) is 13.1 Å². The summed E-state index contributed by atoms with van der Waals surface area (Å²) in [7, 11) is 1.68. The molecule has 1 heterocycles. The Hall–Kier alpha value is -2.59. The molecule has 1 unspecified atom stereocenters. The van der Waals surface area contributed by atoms with E-state index in [4.69, 9.17) is 11.6 Å². The van der Waals surface area contributed by atoms with E-state index in [1.165, 1.54) is 11.1 Å². The molecule has 1 aliphatic heterocycles. The topological polar surface area (TPSA) is 49.4 Å². The van der Waals surface area contributed by atoms with Gasteiger partial charge in [-0.1, -0.05) is 48.0 Å². The van der Waals surface area contributed by atoms with Crippen LogP contribution in [0.25, 0.3) is 6.08 Å². The normalized spacial score (nSPS) is 19.6. The van der Waals surface area contributed by atoms with Gasteiger partial charge in [0.2, 0.25) is 11.8 Å². The standard InChI is InChI=1S/C26H29ClN2O2/c1-18-6-3-4-7-19(18)10-11-24(31)29-14-12-26(13-15-29)17-20(16-23(30)28-2)21-8-5-9-22(27)25(21)26/h3-11,20H,12-17H2,1-2H3,(H,28,30)/b11-10+. The van der Waals surface area contributed by atoms with Crippen molar-refractivity contribution in [3.05, 3.63) is 75.8 Å². The number of amides is 2. The maximum Gasteiger partial charge on any atom is 0.246 e. The lowest BCUT2D eigenvalue weighted by Crippen LogP contribution is -2.44. The van der Waals surface area contributed by atoms with E-state index in [9.17, 15) is 9.59 Å². The average Bonchev–Trinajstić information content (AvgIpc) is 3.07. The quantitative estimate of drug-likeness (QED) is 0.697. The van der Waals surface area contributed by atoms with Gasteiger partial charge in [-0.2, -0.15) is 0 Å². The first-order valence-corrected chi connectivity index (χ1v) is 11.3. The number of nitrogens with zero attached hydrogens (tertiary/aromatic N) is 1. The van der Waals surface area contributed by atoms with Gasteiger partial charge in [-0.05, 0) is 66.5 Å². The highest BCUT2D eigenvalue weighted by Crippen LogP contribution is 2.54. The molecule has 1 fully saturated rings. The van der Waals surface area contributed by atoms with E-state index >= 15 is 0 Å². The Labute approximate surface area is 189 Å². The minimum atomic E-state index is -0.0527. The Bertz CT molecular complexity index is 1020. The van der Waals surface area contributed by atoms with Gasteiger partial charge in [0, 0.05) is 43.1 Å². The van der Waals surface area contributed by atoms with Crippen molar-refractivity contribution >= 4 is 29.5 Å². The Morgan fingerprint density at radius 3 is 2.61 bits per heavy atom. The highest BCUT2D eigenvalue weighted by molar-refractivity contribution is 6.31. The van der Waals surface area contributed by atoms with Crippen molar-refractivity contribution in [2.75, 3.05) is 20.1 Å². The number of piperidine rings is 1. The Morgan fingerprint density at radius 1 is 1.16 bits per heavy atom. The predicted molar refractivity (Wildman–Crippen MR) is 125 cm³/mol. The number of hydrogen-bond acceptors (Lipinski definition) is 2. The number of halogens is 1. The van der Waals surface area contributed by atoms with E-state index in [0.717, 1.165) is 35.4 Å². The lowest BCUT2D eigenvalue weighted by molar-refractivity contribution is -0.127. The molecule has 4 nitrogen and oxygen atoms in total. The summed E-state index contributed by atoms with van der Waals surface area (Å²) in [4.78, 5) is 26.8. The van der Waals surface area contributed by atoms with Crippen molar-refractivity contribution in [1.29, 1.82) is 0 Å². The lowest BCUT2D eigenvalue weighted by Gasteiger charge is -2.40. The van der Waals surface area contributed by atoms with Crippen molar-refractivity contribution in [1.82, 2.24) is 10.2 Å². The zero-order chi connectivity index (χ0) is 22.0. The summed E-state index contributed by atoms with van der Waals surface area (Å²) in [6, 6.07) is 14.1. The summed E-state index contributed by atoms with van der Waals surface area (Å²) in [5.74, 6) is 0.288. The molecule has 0 bridgehead atoms. The van der Waals surface area contributed by atoms with Gasteiger partial charge in [-0.3, -0.25) is 9.59 Å². The Kier molecular flexibility index (Phi) is 6.19. The second-order valence-electron chi connectivity index (χ2n) is 8.78. The van der Waals surface area contributed by atoms with Crippen LogP contribution in [0.4, 0.5) is 0 Å². The van der Waals surface area contributed by atoms with Crippen LogP contribution in [0.5, 0.6) is 0 Å². The van der Waals surface area contributed by atoms with Gasteiger partial charge in [0.05, 0.1) is 0 Å². The van der Waals surface area contributed by atoms with Crippen molar-refractivity contribution < 1.29 is 9.59 Å². The van der Waals surface area contributed by atoms with Gasteiger partial charge >= 0.3 is 0 Å². The highest BCUT2D eigenvalue weighted by atomic mass is 35.5. The van der Waals surface area contributed by atoms with E-state index in [1.807, 2.05) is 54.3 Å². The summed E-state index contributed by atoms with van der Waals surface area (Å²) in [5.41, 5.74) is 4.58. The lowest BCUT2D eigenvalue weighted by atomic mass is 9.73. The highest BCUT2D eigenvalue weighted by Gasteiger charge is 2.47. The maximum absolute atomic E-state index is 12.8. The van der Waals surface area contributed by atoms with Crippen molar-refractivity contribution in [3.63, 3.8) is 0 Å². The minimum absolute atomic E-state index is 0.0527. The molecule has 1 atom stereocenters. The maximum atomic E-state index is 12.8. The van der Waals surface area contributed by atoms with Crippen LogP contribution in [0.15, 0.2) is 48.5 Å². The fourth-order valence-electron chi connectivity index (χ4n) is 5.28. The molecule has 2 aromatic carbocycles. The number of likely N-dealkylation sites (tertiary alicyclic amines) is 1. The monoisotopic (exact) mass is 436 g/mol. The van der Waals surface area contributed by atoms with Crippen LogP contribution in [0.1, 0.15) is 53.9 Å². The van der Waals surface area contributed by atoms with E-state index in [0.29, 0.717) is 19.5 Å². The smallest absolute Gasteiger partial charge is 0.246 e. The second-order valence-corrected chi connectivity index (χ2v) is 9.19. The molecule has 1 aliphatic carbocycles. The first kappa shape index (κ1) is 21.6. The van der Waals surface area contributed by atoms with Gasteiger partial charge in [0.25, 0.3) is 0 Å². The van der Waals surface area contributed by atoms with Crippen LogP contribution in [-0.4, -0.2) is 36.9 Å². The fourth-order valence-corrected chi connectivity index (χ4v) is 5.66. The van der Waals surface area contributed by atoms with Crippen LogP contribution in [0.3, 0.4) is 0 Å². The molecule has 1 spiro atoms. The number of nitrogens with one attached hydrogen (secondary N) is 1. The molecular weight excluding hydrogens is 408 g/mol. The van der Waals surface area contributed by atoms with Crippen LogP contribution in [-0.2, 0) is 15.0 Å². The third kappa shape index (κ3) is 4.27. The average molecular weight is 437 g/mol. The molecular formula is C26H29ClN2O2. The summed E-state index contributed by atoms with van der Waals surface area (Å²) < 4.78 is 0. The van der Waals surface area contributed by atoms with Crippen LogP contribution >= 0.6 is 11.6 Å². The molecule has 0 saturated carbocycles. The summed E-state index contributed by atoms with van der Waals surface area (Å²) >= 11 is 6.67. The van der Waals surface area contributed by atoms with Gasteiger partial charge in [-0.15, -0.1) is 0 Å². The molecule has 31 heavy (non-hydrogen) atoms. The van der Waals surface area contributed by atoms with Gasteiger partial charge in [0.1, 0.15) is 0 Å². The number of benzene rings is 2. The predicted octanol–water partition coefficient (Wildman–Crippen LogP) is 4.85. The van der Waals surface area contributed by atoms with E-state index in [-0.39, 0.29) is 23.1 Å².